The fourth-order valence-corrected chi connectivity index (χ4v) is 2.96. The maximum absolute atomic E-state index is 12.0. The van der Waals surface area contributed by atoms with E-state index in [9.17, 15) is 9.59 Å². The summed E-state index contributed by atoms with van der Waals surface area (Å²) in [7, 11) is 1.26. The van der Waals surface area contributed by atoms with E-state index in [1.807, 2.05) is 0 Å². The fourth-order valence-electron chi connectivity index (χ4n) is 1.76. The summed E-state index contributed by atoms with van der Waals surface area (Å²) >= 11 is 15.3. The molecule has 1 heterocycles. The molecule has 136 valence electrons. The predicted octanol–water partition coefficient (Wildman–Crippen LogP) is 3.47. The fraction of sp³-hybridized carbons (Fsp3) is 0.125. The van der Waals surface area contributed by atoms with E-state index in [1.54, 1.807) is 18.2 Å². The second-order valence-electron chi connectivity index (χ2n) is 4.72. The van der Waals surface area contributed by atoms with E-state index < -0.39 is 11.9 Å². The van der Waals surface area contributed by atoms with Gasteiger partial charge >= 0.3 is 5.97 Å². The van der Waals surface area contributed by atoms with Crippen LogP contribution in [0.5, 0.6) is 5.75 Å². The average Bonchev–Trinajstić information content (AvgIpc) is 2.61. The Morgan fingerprint density at radius 3 is 2.81 bits per heavy atom. The topological polar surface area (TPSA) is 89.9 Å². The van der Waals surface area contributed by atoms with E-state index in [0.29, 0.717) is 15.8 Å². The third kappa shape index (κ3) is 5.42. The van der Waals surface area contributed by atoms with E-state index in [-0.39, 0.29) is 22.3 Å². The second kappa shape index (κ2) is 9.51. The van der Waals surface area contributed by atoms with Gasteiger partial charge in [0.25, 0.3) is 5.91 Å². The number of amides is 1. The Balaban J connectivity index is 2.05. The number of hydrogen-bond acceptors (Lipinski definition) is 6. The number of rotatable bonds is 6. The number of esters is 1. The van der Waals surface area contributed by atoms with Crippen LogP contribution in [-0.4, -0.2) is 36.8 Å². The number of hydrogen-bond donors (Lipinski definition) is 1. The van der Waals surface area contributed by atoms with Gasteiger partial charge in [0, 0.05) is 6.20 Å². The minimum Gasteiger partial charge on any atom is -0.479 e. The molecule has 2 rings (SSSR count). The molecule has 0 radical (unpaired) electrons. The highest BCUT2D eigenvalue weighted by molar-refractivity contribution is 9.10. The third-order valence-electron chi connectivity index (χ3n) is 2.97. The van der Waals surface area contributed by atoms with Crippen molar-refractivity contribution in [2.75, 3.05) is 13.7 Å². The van der Waals surface area contributed by atoms with Gasteiger partial charge in [-0.1, -0.05) is 23.2 Å². The van der Waals surface area contributed by atoms with Crippen LogP contribution in [0.15, 0.2) is 40.0 Å². The van der Waals surface area contributed by atoms with Gasteiger partial charge in [-0.2, -0.15) is 5.10 Å². The zero-order valence-electron chi connectivity index (χ0n) is 13.3. The smallest absolute Gasteiger partial charge is 0.343 e. The van der Waals surface area contributed by atoms with Crippen molar-refractivity contribution in [1.29, 1.82) is 0 Å². The Morgan fingerprint density at radius 1 is 1.38 bits per heavy atom. The highest BCUT2D eigenvalue weighted by atomic mass is 79.9. The molecule has 0 aliphatic rings. The molecule has 0 atom stereocenters. The molecule has 1 aromatic heterocycles. The summed E-state index contributed by atoms with van der Waals surface area (Å²) in [5.74, 6) is -0.738. The number of methoxy groups -OCH3 is 1. The first-order valence-corrected chi connectivity index (χ1v) is 8.60. The van der Waals surface area contributed by atoms with Crippen LogP contribution in [0, 0.1) is 0 Å². The lowest BCUT2D eigenvalue weighted by molar-refractivity contribution is -0.142. The standard InChI is InChI=1S/C16H12BrCl2N3O4/c1-25-13(23)8-26-14-11(17)5-9(6-12(14)18)7-21-22-16(24)10-3-2-4-20-15(10)19/h2-7H,8H2,1H3,(H,22,24). The number of hydrazone groups is 1. The van der Waals surface area contributed by atoms with Crippen molar-refractivity contribution in [3.05, 3.63) is 56.2 Å². The van der Waals surface area contributed by atoms with Crippen LogP contribution in [0.4, 0.5) is 0 Å². The molecule has 0 bridgehead atoms. The van der Waals surface area contributed by atoms with Crippen LogP contribution in [0.25, 0.3) is 0 Å². The van der Waals surface area contributed by atoms with Crippen LogP contribution >= 0.6 is 39.1 Å². The summed E-state index contributed by atoms with van der Waals surface area (Å²) in [5.41, 5.74) is 3.14. The quantitative estimate of drug-likeness (QED) is 0.308. The molecule has 7 nitrogen and oxygen atoms in total. The van der Waals surface area contributed by atoms with Gasteiger partial charge in [-0.3, -0.25) is 4.79 Å². The number of aromatic nitrogens is 1. The lowest BCUT2D eigenvalue weighted by Crippen LogP contribution is -2.18. The maximum Gasteiger partial charge on any atom is 0.343 e. The minimum absolute atomic E-state index is 0.0816. The molecule has 0 spiro atoms. The molecule has 26 heavy (non-hydrogen) atoms. The van der Waals surface area contributed by atoms with Crippen LogP contribution in [0.2, 0.25) is 10.2 Å². The summed E-state index contributed by atoms with van der Waals surface area (Å²) in [5, 5.41) is 4.19. The second-order valence-corrected chi connectivity index (χ2v) is 6.34. The summed E-state index contributed by atoms with van der Waals surface area (Å²) in [6.45, 7) is -0.274. The molecule has 0 aliphatic carbocycles. The van der Waals surface area contributed by atoms with Crippen LogP contribution < -0.4 is 10.2 Å². The molecule has 0 unspecified atom stereocenters. The number of carbonyl (C=O) groups is 2. The predicted molar refractivity (Wildman–Crippen MR) is 101 cm³/mol. The first kappa shape index (κ1) is 20.2. The third-order valence-corrected chi connectivity index (χ3v) is 4.14. The molecule has 10 heteroatoms. The van der Waals surface area contributed by atoms with Gasteiger partial charge in [0.1, 0.15) is 5.15 Å². The first-order valence-electron chi connectivity index (χ1n) is 7.05. The molecule has 0 aliphatic heterocycles. The number of benzene rings is 1. The van der Waals surface area contributed by atoms with Gasteiger partial charge in [-0.15, -0.1) is 0 Å². The lowest BCUT2D eigenvalue weighted by atomic mass is 10.2. The molecule has 2 aromatic rings. The molecule has 0 saturated carbocycles. The van der Waals surface area contributed by atoms with E-state index in [1.165, 1.54) is 25.6 Å². The van der Waals surface area contributed by atoms with Crippen molar-refractivity contribution in [2.45, 2.75) is 0 Å². The van der Waals surface area contributed by atoms with Gasteiger partial charge in [0.15, 0.2) is 12.4 Å². The number of carbonyl (C=O) groups excluding carboxylic acids is 2. The zero-order valence-corrected chi connectivity index (χ0v) is 16.4. The van der Waals surface area contributed by atoms with Gasteiger partial charge in [-0.05, 0) is 45.8 Å². The SMILES string of the molecule is COC(=O)COc1c(Cl)cc(C=NNC(=O)c2cccnc2Cl)cc1Br. The van der Waals surface area contributed by atoms with Crippen molar-refractivity contribution in [3.8, 4) is 5.75 Å². The largest absolute Gasteiger partial charge is 0.479 e. The Bertz CT molecular complexity index is 838. The number of nitrogens with one attached hydrogen (secondary N) is 1. The van der Waals surface area contributed by atoms with Crippen molar-refractivity contribution >= 4 is 57.2 Å². The zero-order chi connectivity index (χ0) is 19.1. The van der Waals surface area contributed by atoms with Gasteiger partial charge in [-0.25, -0.2) is 15.2 Å². The van der Waals surface area contributed by atoms with Crippen molar-refractivity contribution in [1.82, 2.24) is 10.4 Å². The maximum atomic E-state index is 12.0. The number of nitrogens with zero attached hydrogens (tertiary/aromatic N) is 2. The van der Waals surface area contributed by atoms with Crippen LogP contribution in [-0.2, 0) is 9.53 Å². The highest BCUT2D eigenvalue weighted by Gasteiger charge is 2.12. The lowest BCUT2D eigenvalue weighted by Gasteiger charge is -2.09. The molecule has 1 amide bonds. The number of pyridine rings is 1. The number of ether oxygens (including phenoxy) is 2. The molecule has 0 saturated heterocycles. The summed E-state index contributed by atoms with van der Waals surface area (Å²) in [6, 6.07) is 6.34. The summed E-state index contributed by atoms with van der Waals surface area (Å²) < 4.78 is 10.3. The monoisotopic (exact) mass is 459 g/mol. The van der Waals surface area contributed by atoms with Gasteiger partial charge in [0.2, 0.25) is 0 Å². The Hall–Kier alpha value is -2.16. The Kier molecular flexibility index (Phi) is 7.38. The molecule has 0 fully saturated rings. The van der Waals surface area contributed by atoms with Crippen molar-refractivity contribution in [2.24, 2.45) is 5.10 Å². The first-order chi connectivity index (χ1) is 12.4. The van der Waals surface area contributed by atoms with Crippen LogP contribution in [0.3, 0.4) is 0 Å². The normalized spacial score (nSPS) is 10.6. The Morgan fingerprint density at radius 2 is 2.15 bits per heavy atom. The van der Waals surface area contributed by atoms with Crippen LogP contribution in [0.1, 0.15) is 15.9 Å². The molecule has 1 aromatic carbocycles. The van der Waals surface area contributed by atoms with E-state index in [2.05, 4.69) is 36.2 Å². The Labute approximate surface area is 167 Å². The average molecular weight is 461 g/mol. The van der Waals surface area contributed by atoms with Gasteiger partial charge in [0.05, 0.1) is 28.4 Å². The molecular formula is C16H12BrCl2N3O4. The van der Waals surface area contributed by atoms with Crippen molar-refractivity contribution in [3.63, 3.8) is 0 Å². The van der Waals surface area contributed by atoms with E-state index in [0.717, 1.165) is 0 Å². The molecular weight excluding hydrogens is 449 g/mol. The van der Waals surface area contributed by atoms with Crippen molar-refractivity contribution < 1.29 is 19.1 Å². The van der Waals surface area contributed by atoms with E-state index >= 15 is 0 Å². The van der Waals surface area contributed by atoms with Gasteiger partial charge < -0.3 is 9.47 Å². The summed E-state index contributed by atoms with van der Waals surface area (Å²) in [4.78, 5) is 26.9. The minimum atomic E-state index is -0.532. The number of halogens is 3. The highest BCUT2D eigenvalue weighted by Crippen LogP contribution is 2.34. The van der Waals surface area contributed by atoms with E-state index in [4.69, 9.17) is 27.9 Å². The summed E-state index contributed by atoms with van der Waals surface area (Å²) in [6.07, 6.45) is 2.87. The molecule has 1 N–H and O–H groups in total.